The van der Waals surface area contributed by atoms with E-state index in [0.29, 0.717) is 6.42 Å². The van der Waals surface area contributed by atoms with Gasteiger partial charge in [0.2, 0.25) is 5.91 Å². The van der Waals surface area contributed by atoms with Crippen LogP contribution in [0.5, 0.6) is 5.75 Å². The minimum Gasteiger partial charge on any atom is -0.496 e. The first-order chi connectivity index (χ1) is 8.58. The quantitative estimate of drug-likeness (QED) is 0.351. The van der Waals surface area contributed by atoms with E-state index in [2.05, 4.69) is 31.4 Å². The summed E-state index contributed by atoms with van der Waals surface area (Å²) in [6.07, 6.45) is 3.18. The molecule has 0 unspecified atom stereocenters. The molecular weight excluding hydrogens is 228 g/mol. The molecule has 0 saturated carbocycles. The highest BCUT2D eigenvalue weighted by Gasteiger charge is 2.06. The topological polar surface area (TPSA) is 64.3 Å². The summed E-state index contributed by atoms with van der Waals surface area (Å²) in [5, 5.41) is 0. The largest absolute Gasteiger partial charge is 0.496 e. The second kappa shape index (κ2) is 7.01. The number of nitrogens with one attached hydrogen (secondary N) is 1. The van der Waals surface area contributed by atoms with Crippen LogP contribution in [-0.4, -0.2) is 13.0 Å². The first-order valence-corrected chi connectivity index (χ1v) is 6.22. The van der Waals surface area contributed by atoms with Gasteiger partial charge in [-0.3, -0.25) is 10.2 Å². The molecule has 0 aromatic heterocycles. The lowest BCUT2D eigenvalue weighted by Crippen LogP contribution is -2.29. The highest BCUT2D eigenvalue weighted by molar-refractivity contribution is 5.75. The van der Waals surface area contributed by atoms with Gasteiger partial charge >= 0.3 is 0 Å². The van der Waals surface area contributed by atoms with Crippen molar-refractivity contribution >= 4 is 5.91 Å². The third-order valence-electron chi connectivity index (χ3n) is 3.16. The Morgan fingerprint density at radius 2 is 1.94 bits per heavy atom. The number of hydrogen-bond acceptors (Lipinski definition) is 3. The van der Waals surface area contributed by atoms with Crippen LogP contribution in [-0.2, 0) is 11.2 Å². The van der Waals surface area contributed by atoms with Crippen LogP contribution in [0.3, 0.4) is 0 Å². The second-order valence-electron chi connectivity index (χ2n) is 4.52. The smallest absolute Gasteiger partial charge is 0.233 e. The Morgan fingerprint density at radius 3 is 2.56 bits per heavy atom. The minimum atomic E-state index is -0.109. The number of hydrogen-bond donors (Lipinski definition) is 2. The molecule has 0 fully saturated rings. The molecule has 100 valence electrons. The number of aryl methyl sites for hydroxylation is 3. The molecular formula is C14H22N2O2. The summed E-state index contributed by atoms with van der Waals surface area (Å²) in [4.78, 5) is 11.0. The van der Waals surface area contributed by atoms with E-state index in [1.165, 1.54) is 16.7 Å². The van der Waals surface area contributed by atoms with Gasteiger partial charge in [-0.1, -0.05) is 6.07 Å². The monoisotopic (exact) mass is 250 g/mol. The fourth-order valence-electron chi connectivity index (χ4n) is 1.91. The molecule has 0 aliphatic rings. The number of unbranched alkanes of at least 4 members (excludes halogenated alkanes) is 1. The molecule has 3 N–H and O–H groups in total. The summed E-state index contributed by atoms with van der Waals surface area (Å²) < 4.78 is 5.38. The zero-order valence-corrected chi connectivity index (χ0v) is 11.4. The molecule has 0 atom stereocenters. The SMILES string of the molecule is COc1cc(C)c(C)cc1CCCCC(=O)NN. The van der Waals surface area contributed by atoms with Crippen LogP contribution in [0.15, 0.2) is 12.1 Å². The average molecular weight is 250 g/mol. The number of hydrazine groups is 1. The van der Waals surface area contributed by atoms with Crippen molar-refractivity contribution in [2.45, 2.75) is 39.5 Å². The van der Waals surface area contributed by atoms with Gasteiger partial charge in [-0.25, -0.2) is 5.84 Å². The van der Waals surface area contributed by atoms with Gasteiger partial charge in [0.1, 0.15) is 5.75 Å². The van der Waals surface area contributed by atoms with E-state index in [0.717, 1.165) is 25.0 Å². The minimum absolute atomic E-state index is 0.109. The molecule has 0 aliphatic carbocycles. The zero-order valence-electron chi connectivity index (χ0n) is 11.4. The van der Waals surface area contributed by atoms with Crippen LogP contribution in [0, 0.1) is 13.8 Å². The molecule has 18 heavy (non-hydrogen) atoms. The Kier molecular flexibility index (Phi) is 5.65. The summed E-state index contributed by atoms with van der Waals surface area (Å²) in [6, 6.07) is 4.23. The van der Waals surface area contributed by atoms with Crippen molar-refractivity contribution in [1.82, 2.24) is 5.43 Å². The molecule has 1 rings (SSSR count). The molecule has 4 heteroatoms. The Bertz CT molecular complexity index is 417. The highest BCUT2D eigenvalue weighted by atomic mass is 16.5. The Labute approximate surface area is 108 Å². The van der Waals surface area contributed by atoms with Gasteiger partial charge < -0.3 is 4.74 Å². The second-order valence-corrected chi connectivity index (χ2v) is 4.52. The molecule has 1 aromatic rings. The first kappa shape index (κ1) is 14.5. The van der Waals surface area contributed by atoms with Crippen molar-refractivity contribution in [3.05, 3.63) is 28.8 Å². The molecule has 0 aliphatic heterocycles. The van der Waals surface area contributed by atoms with Crippen molar-refractivity contribution in [3.63, 3.8) is 0 Å². The lowest BCUT2D eigenvalue weighted by atomic mass is 10.0. The Balaban J connectivity index is 2.56. The standard InChI is InChI=1S/C14H22N2O2/c1-10-8-12(13(18-3)9-11(10)2)6-4-5-7-14(17)16-15/h8-9H,4-7,15H2,1-3H3,(H,16,17). The van der Waals surface area contributed by atoms with Crippen molar-refractivity contribution in [2.75, 3.05) is 7.11 Å². The van der Waals surface area contributed by atoms with Gasteiger partial charge in [0, 0.05) is 6.42 Å². The summed E-state index contributed by atoms with van der Waals surface area (Å²) in [5.74, 6) is 5.85. The number of rotatable bonds is 6. The molecule has 0 radical (unpaired) electrons. The maximum absolute atomic E-state index is 11.0. The van der Waals surface area contributed by atoms with Crippen molar-refractivity contribution < 1.29 is 9.53 Å². The fourth-order valence-corrected chi connectivity index (χ4v) is 1.91. The molecule has 0 heterocycles. The maximum atomic E-state index is 11.0. The van der Waals surface area contributed by atoms with Crippen molar-refractivity contribution in [3.8, 4) is 5.75 Å². The predicted molar refractivity (Wildman–Crippen MR) is 72.4 cm³/mol. The number of methoxy groups -OCH3 is 1. The van der Waals surface area contributed by atoms with E-state index in [-0.39, 0.29) is 5.91 Å². The number of carbonyl (C=O) groups is 1. The number of ether oxygens (including phenoxy) is 1. The normalized spacial score (nSPS) is 10.2. The number of nitrogens with two attached hydrogens (primary N) is 1. The van der Waals surface area contributed by atoms with Gasteiger partial charge in [-0.05, 0) is 55.9 Å². The summed E-state index contributed by atoms with van der Waals surface area (Å²) in [7, 11) is 1.69. The van der Waals surface area contributed by atoms with Gasteiger partial charge in [0.05, 0.1) is 7.11 Å². The zero-order chi connectivity index (χ0) is 13.5. The van der Waals surface area contributed by atoms with E-state index in [9.17, 15) is 4.79 Å². The number of amides is 1. The van der Waals surface area contributed by atoms with Crippen LogP contribution in [0.25, 0.3) is 0 Å². The van der Waals surface area contributed by atoms with Crippen molar-refractivity contribution in [1.29, 1.82) is 0 Å². The third-order valence-corrected chi connectivity index (χ3v) is 3.16. The Morgan fingerprint density at radius 1 is 1.28 bits per heavy atom. The highest BCUT2D eigenvalue weighted by Crippen LogP contribution is 2.24. The van der Waals surface area contributed by atoms with Crippen LogP contribution in [0.2, 0.25) is 0 Å². The van der Waals surface area contributed by atoms with Crippen LogP contribution >= 0.6 is 0 Å². The van der Waals surface area contributed by atoms with E-state index in [1.54, 1.807) is 7.11 Å². The van der Waals surface area contributed by atoms with Crippen LogP contribution in [0.4, 0.5) is 0 Å². The number of carbonyl (C=O) groups excluding carboxylic acids is 1. The van der Waals surface area contributed by atoms with Crippen LogP contribution < -0.4 is 16.0 Å². The van der Waals surface area contributed by atoms with Gasteiger partial charge in [-0.2, -0.15) is 0 Å². The summed E-state index contributed by atoms with van der Waals surface area (Å²) >= 11 is 0. The molecule has 0 bridgehead atoms. The van der Waals surface area contributed by atoms with Gasteiger partial charge in [-0.15, -0.1) is 0 Å². The predicted octanol–water partition coefficient (Wildman–Crippen LogP) is 2.01. The van der Waals surface area contributed by atoms with E-state index in [1.807, 2.05) is 0 Å². The molecule has 0 saturated heterocycles. The Hall–Kier alpha value is -1.55. The summed E-state index contributed by atoms with van der Waals surface area (Å²) in [5.41, 5.74) is 5.85. The van der Waals surface area contributed by atoms with Gasteiger partial charge in [0.25, 0.3) is 0 Å². The molecule has 0 spiro atoms. The van der Waals surface area contributed by atoms with E-state index in [4.69, 9.17) is 10.6 Å². The summed E-state index contributed by atoms with van der Waals surface area (Å²) in [6.45, 7) is 4.17. The fraction of sp³-hybridized carbons (Fsp3) is 0.500. The van der Waals surface area contributed by atoms with Gasteiger partial charge in [0.15, 0.2) is 0 Å². The number of benzene rings is 1. The van der Waals surface area contributed by atoms with Crippen LogP contribution in [0.1, 0.15) is 36.0 Å². The van der Waals surface area contributed by atoms with E-state index < -0.39 is 0 Å². The molecule has 1 aromatic carbocycles. The average Bonchev–Trinajstić information content (AvgIpc) is 2.37. The first-order valence-electron chi connectivity index (χ1n) is 6.22. The third kappa shape index (κ3) is 4.04. The molecule has 4 nitrogen and oxygen atoms in total. The lowest BCUT2D eigenvalue weighted by molar-refractivity contribution is -0.121. The van der Waals surface area contributed by atoms with Crippen molar-refractivity contribution in [2.24, 2.45) is 5.84 Å². The molecule has 1 amide bonds. The van der Waals surface area contributed by atoms with E-state index >= 15 is 0 Å². The lowest BCUT2D eigenvalue weighted by Gasteiger charge is -2.11. The maximum Gasteiger partial charge on any atom is 0.233 e.